The van der Waals surface area contributed by atoms with Crippen LogP contribution >= 0.6 is 11.8 Å². The maximum absolute atomic E-state index is 3.17. The lowest BCUT2D eigenvalue weighted by Gasteiger charge is -2.07. The number of hydrogen-bond donors (Lipinski definition) is 1. The fourth-order valence-corrected chi connectivity index (χ4v) is 3.39. The van der Waals surface area contributed by atoms with Crippen LogP contribution in [0.3, 0.4) is 0 Å². The van der Waals surface area contributed by atoms with Gasteiger partial charge in [-0.15, -0.1) is 11.8 Å². The van der Waals surface area contributed by atoms with Crippen molar-refractivity contribution in [2.75, 3.05) is 7.05 Å². The van der Waals surface area contributed by atoms with Crippen molar-refractivity contribution < 1.29 is 0 Å². The van der Waals surface area contributed by atoms with Crippen molar-refractivity contribution in [3.05, 3.63) is 77.9 Å². The summed E-state index contributed by atoms with van der Waals surface area (Å²) in [5, 5.41) is 5.85. The first-order valence-corrected chi connectivity index (χ1v) is 8.18. The van der Waals surface area contributed by atoms with Crippen LogP contribution in [0.5, 0.6) is 0 Å². The Morgan fingerprint density at radius 2 is 1.62 bits per heavy atom. The zero-order valence-corrected chi connectivity index (χ0v) is 13.0. The minimum Gasteiger partial charge on any atom is -0.316 e. The molecule has 0 aliphatic heterocycles. The standard InChI is InChI=1S/C19H19NS/c1-20-13-15-9-11-18(12-10-15)21-14-17-7-4-6-16-5-2-3-8-19(16)17/h2-12,20H,13-14H2,1H3. The van der Waals surface area contributed by atoms with Crippen LogP contribution in [0.15, 0.2) is 71.6 Å². The summed E-state index contributed by atoms with van der Waals surface area (Å²) < 4.78 is 0. The van der Waals surface area contributed by atoms with Crippen molar-refractivity contribution in [2.45, 2.75) is 17.2 Å². The molecule has 1 nitrogen and oxygen atoms in total. The van der Waals surface area contributed by atoms with Crippen LogP contribution in [-0.2, 0) is 12.3 Å². The number of hydrogen-bond acceptors (Lipinski definition) is 2. The first-order valence-electron chi connectivity index (χ1n) is 7.20. The van der Waals surface area contributed by atoms with E-state index < -0.39 is 0 Å². The van der Waals surface area contributed by atoms with E-state index in [4.69, 9.17) is 0 Å². The van der Waals surface area contributed by atoms with Crippen LogP contribution in [0.25, 0.3) is 10.8 Å². The zero-order chi connectivity index (χ0) is 14.5. The lowest BCUT2D eigenvalue weighted by molar-refractivity contribution is 0.817. The minimum absolute atomic E-state index is 0.925. The molecule has 0 amide bonds. The van der Waals surface area contributed by atoms with Crippen molar-refractivity contribution in [1.82, 2.24) is 5.32 Å². The molecule has 106 valence electrons. The van der Waals surface area contributed by atoms with Gasteiger partial charge in [0.1, 0.15) is 0 Å². The monoisotopic (exact) mass is 293 g/mol. The van der Waals surface area contributed by atoms with E-state index in [0.717, 1.165) is 12.3 Å². The highest BCUT2D eigenvalue weighted by atomic mass is 32.2. The average Bonchev–Trinajstić information content (AvgIpc) is 2.54. The summed E-state index contributed by atoms with van der Waals surface area (Å²) in [5.41, 5.74) is 2.73. The van der Waals surface area contributed by atoms with E-state index >= 15 is 0 Å². The molecule has 1 N–H and O–H groups in total. The minimum atomic E-state index is 0.925. The van der Waals surface area contributed by atoms with Gasteiger partial charge in [0, 0.05) is 17.2 Å². The molecular weight excluding hydrogens is 274 g/mol. The molecule has 0 unspecified atom stereocenters. The highest BCUT2D eigenvalue weighted by Gasteiger charge is 2.01. The molecule has 0 aromatic heterocycles. The molecule has 3 aromatic rings. The number of nitrogens with one attached hydrogen (secondary N) is 1. The van der Waals surface area contributed by atoms with E-state index in [0.29, 0.717) is 0 Å². The van der Waals surface area contributed by atoms with Crippen LogP contribution in [0.2, 0.25) is 0 Å². The fraction of sp³-hybridized carbons (Fsp3) is 0.158. The quantitative estimate of drug-likeness (QED) is 0.675. The van der Waals surface area contributed by atoms with E-state index in [-0.39, 0.29) is 0 Å². The van der Waals surface area contributed by atoms with E-state index in [2.05, 4.69) is 72.0 Å². The van der Waals surface area contributed by atoms with Gasteiger partial charge >= 0.3 is 0 Å². The van der Waals surface area contributed by atoms with Crippen molar-refractivity contribution in [3.63, 3.8) is 0 Å². The molecular formula is C19H19NS. The summed E-state index contributed by atoms with van der Waals surface area (Å²) in [6.07, 6.45) is 0. The molecule has 0 bridgehead atoms. The second-order valence-electron chi connectivity index (χ2n) is 5.10. The van der Waals surface area contributed by atoms with Gasteiger partial charge in [0.05, 0.1) is 0 Å². The molecule has 21 heavy (non-hydrogen) atoms. The highest BCUT2D eigenvalue weighted by Crippen LogP contribution is 2.27. The van der Waals surface area contributed by atoms with Gasteiger partial charge in [-0.25, -0.2) is 0 Å². The van der Waals surface area contributed by atoms with Gasteiger partial charge in [0.2, 0.25) is 0 Å². The zero-order valence-electron chi connectivity index (χ0n) is 12.2. The van der Waals surface area contributed by atoms with Gasteiger partial charge < -0.3 is 5.32 Å². The molecule has 0 fully saturated rings. The molecule has 0 spiro atoms. The SMILES string of the molecule is CNCc1ccc(SCc2cccc3ccccc23)cc1. The van der Waals surface area contributed by atoms with Crippen LogP contribution in [0.4, 0.5) is 0 Å². The molecule has 0 saturated carbocycles. The summed E-state index contributed by atoms with van der Waals surface area (Å²) in [4.78, 5) is 1.32. The molecule has 0 saturated heterocycles. The third kappa shape index (κ3) is 3.46. The highest BCUT2D eigenvalue weighted by molar-refractivity contribution is 7.98. The Morgan fingerprint density at radius 1 is 0.857 bits per heavy atom. The van der Waals surface area contributed by atoms with Crippen LogP contribution in [-0.4, -0.2) is 7.05 Å². The average molecular weight is 293 g/mol. The summed E-state index contributed by atoms with van der Waals surface area (Å²) in [7, 11) is 1.98. The predicted octanol–water partition coefficient (Wildman–Crippen LogP) is 4.85. The molecule has 3 aromatic carbocycles. The lowest BCUT2D eigenvalue weighted by Crippen LogP contribution is -2.04. The smallest absolute Gasteiger partial charge is 0.0238 e. The Labute approximate surface area is 130 Å². The van der Waals surface area contributed by atoms with Gasteiger partial charge in [-0.05, 0) is 41.1 Å². The largest absolute Gasteiger partial charge is 0.316 e. The first kappa shape index (κ1) is 14.2. The predicted molar refractivity (Wildman–Crippen MR) is 92.7 cm³/mol. The molecule has 0 radical (unpaired) electrons. The first-order chi connectivity index (χ1) is 10.4. The lowest BCUT2D eigenvalue weighted by atomic mass is 10.1. The third-order valence-corrected chi connectivity index (χ3v) is 4.64. The summed E-state index contributed by atoms with van der Waals surface area (Å²) >= 11 is 1.89. The Bertz CT molecular complexity index is 714. The summed E-state index contributed by atoms with van der Waals surface area (Å²) in [6.45, 7) is 0.925. The van der Waals surface area contributed by atoms with E-state index in [1.165, 1.54) is 26.8 Å². The van der Waals surface area contributed by atoms with Gasteiger partial charge in [-0.2, -0.15) is 0 Å². The second-order valence-corrected chi connectivity index (χ2v) is 6.15. The molecule has 0 aliphatic rings. The number of benzene rings is 3. The number of fused-ring (bicyclic) bond motifs is 1. The molecule has 0 atom stereocenters. The van der Waals surface area contributed by atoms with Crippen molar-refractivity contribution >= 4 is 22.5 Å². The number of thioether (sulfide) groups is 1. The van der Waals surface area contributed by atoms with Crippen molar-refractivity contribution in [3.8, 4) is 0 Å². The van der Waals surface area contributed by atoms with E-state index in [9.17, 15) is 0 Å². The second kappa shape index (κ2) is 6.79. The van der Waals surface area contributed by atoms with Gasteiger partial charge in [0.25, 0.3) is 0 Å². The Kier molecular flexibility index (Phi) is 4.59. The summed E-state index contributed by atoms with van der Waals surface area (Å²) in [6, 6.07) is 24.0. The molecule has 2 heteroatoms. The number of rotatable bonds is 5. The molecule has 0 aliphatic carbocycles. The normalized spacial score (nSPS) is 10.9. The molecule has 0 heterocycles. The van der Waals surface area contributed by atoms with Crippen LogP contribution < -0.4 is 5.32 Å². The molecule has 3 rings (SSSR count). The summed E-state index contributed by atoms with van der Waals surface area (Å²) in [5.74, 6) is 1.01. The van der Waals surface area contributed by atoms with Crippen molar-refractivity contribution in [2.24, 2.45) is 0 Å². The van der Waals surface area contributed by atoms with E-state index in [1.807, 2.05) is 18.8 Å². The van der Waals surface area contributed by atoms with Gasteiger partial charge in [-0.1, -0.05) is 54.6 Å². The van der Waals surface area contributed by atoms with E-state index in [1.54, 1.807) is 0 Å². The Hall–Kier alpha value is -1.77. The van der Waals surface area contributed by atoms with Crippen LogP contribution in [0, 0.1) is 0 Å². The van der Waals surface area contributed by atoms with Gasteiger partial charge in [0.15, 0.2) is 0 Å². The van der Waals surface area contributed by atoms with Gasteiger partial charge in [-0.3, -0.25) is 0 Å². The third-order valence-electron chi connectivity index (χ3n) is 3.58. The van der Waals surface area contributed by atoms with Crippen LogP contribution in [0.1, 0.15) is 11.1 Å². The Balaban J connectivity index is 1.74. The maximum Gasteiger partial charge on any atom is 0.0238 e. The maximum atomic E-state index is 3.17. The fourth-order valence-electron chi connectivity index (χ4n) is 2.49. The topological polar surface area (TPSA) is 12.0 Å². The van der Waals surface area contributed by atoms with Crippen molar-refractivity contribution in [1.29, 1.82) is 0 Å². The Morgan fingerprint density at radius 3 is 2.43 bits per heavy atom.